The van der Waals surface area contributed by atoms with Gasteiger partial charge in [0.2, 0.25) is 11.8 Å². The Balaban J connectivity index is 2.72. The summed E-state index contributed by atoms with van der Waals surface area (Å²) in [4.78, 5) is 66.4. The van der Waals surface area contributed by atoms with Gasteiger partial charge in [-0.1, -0.05) is 19.8 Å². The van der Waals surface area contributed by atoms with Gasteiger partial charge >= 0.3 is 18.0 Å². The van der Waals surface area contributed by atoms with E-state index >= 15 is 0 Å². The summed E-state index contributed by atoms with van der Waals surface area (Å²) < 4.78 is 14.8. The number of hydrogen-bond donors (Lipinski definition) is 2. The monoisotopic (exact) mass is 543 g/mol. The summed E-state index contributed by atoms with van der Waals surface area (Å²) in [7, 11) is 2.50. The van der Waals surface area contributed by atoms with E-state index in [1.807, 2.05) is 27.7 Å². The molecule has 218 valence electrons. The van der Waals surface area contributed by atoms with Crippen LogP contribution in [-0.2, 0) is 33.4 Å². The van der Waals surface area contributed by atoms with Gasteiger partial charge in [-0.05, 0) is 27.2 Å². The normalized spacial score (nSPS) is 15.0. The number of carbonyl (C=O) groups is 5. The lowest BCUT2D eigenvalue weighted by atomic mass is 10.1. The second-order valence-electron chi connectivity index (χ2n) is 10.2. The van der Waals surface area contributed by atoms with Crippen LogP contribution in [0.15, 0.2) is 0 Å². The molecule has 0 bridgehead atoms. The van der Waals surface area contributed by atoms with E-state index in [1.165, 1.54) is 14.2 Å². The van der Waals surface area contributed by atoms with E-state index in [0.717, 1.165) is 12.8 Å². The molecule has 1 heterocycles. The van der Waals surface area contributed by atoms with E-state index in [4.69, 9.17) is 9.47 Å². The summed E-state index contributed by atoms with van der Waals surface area (Å²) in [5, 5.41) is 5.18. The number of piperazine rings is 1. The van der Waals surface area contributed by atoms with Gasteiger partial charge in [0.05, 0.1) is 27.3 Å². The van der Waals surface area contributed by atoms with Gasteiger partial charge in [0.15, 0.2) is 0 Å². The van der Waals surface area contributed by atoms with Crippen molar-refractivity contribution in [2.45, 2.75) is 58.6 Å². The predicted octanol–water partition coefficient (Wildman–Crippen LogP) is -0.0217. The van der Waals surface area contributed by atoms with Gasteiger partial charge in [0.25, 0.3) is 0 Å². The minimum Gasteiger partial charge on any atom is -0.468 e. The molecule has 1 saturated heterocycles. The first kappa shape index (κ1) is 33.1. The van der Waals surface area contributed by atoms with Crippen LogP contribution in [0.25, 0.3) is 0 Å². The minimum absolute atomic E-state index is 0.122. The molecular weight excluding hydrogens is 498 g/mol. The molecule has 0 radical (unpaired) electrons. The fourth-order valence-electron chi connectivity index (χ4n) is 3.72. The van der Waals surface area contributed by atoms with Crippen molar-refractivity contribution in [2.24, 2.45) is 0 Å². The molecule has 0 aliphatic carbocycles. The van der Waals surface area contributed by atoms with Crippen molar-refractivity contribution in [3.8, 4) is 0 Å². The third-order valence-corrected chi connectivity index (χ3v) is 5.82. The van der Waals surface area contributed by atoms with Gasteiger partial charge < -0.3 is 29.7 Å². The van der Waals surface area contributed by atoms with Gasteiger partial charge in [0.1, 0.15) is 18.2 Å². The largest absolute Gasteiger partial charge is 0.468 e. The number of nitrogens with zero attached hydrogens (tertiary/aromatic N) is 3. The Morgan fingerprint density at radius 2 is 1.58 bits per heavy atom. The van der Waals surface area contributed by atoms with Crippen LogP contribution in [-0.4, -0.2) is 129 Å². The molecule has 3 amide bonds. The number of ether oxygens (including phenoxy) is 3. The Morgan fingerprint density at radius 1 is 0.947 bits per heavy atom. The van der Waals surface area contributed by atoms with E-state index in [0.29, 0.717) is 45.7 Å². The molecule has 0 aromatic carbocycles. The van der Waals surface area contributed by atoms with E-state index in [9.17, 15) is 24.0 Å². The summed E-state index contributed by atoms with van der Waals surface area (Å²) in [6.07, 6.45) is 1.71. The molecule has 1 rings (SSSR count). The minimum atomic E-state index is -0.761. The van der Waals surface area contributed by atoms with Crippen LogP contribution < -0.4 is 10.6 Å². The predicted molar refractivity (Wildman–Crippen MR) is 139 cm³/mol. The average Bonchev–Trinajstić information content (AvgIpc) is 2.86. The fourth-order valence-corrected chi connectivity index (χ4v) is 3.72. The Hall–Kier alpha value is -2.93. The maximum atomic E-state index is 12.8. The smallest absolute Gasteiger partial charge is 0.410 e. The van der Waals surface area contributed by atoms with Gasteiger partial charge in [-0.2, -0.15) is 0 Å². The van der Waals surface area contributed by atoms with Gasteiger partial charge in [-0.15, -0.1) is 0 Å². The fraction of sp³-hybridized carbons (Fsp3) is 0.800. The van der Waals surface area contributed by atoms with Crippen molar-refractivity contribution in [1.29, 1.82) is 0 Å². The molecule has 1 aliphatic rings. The first-order chi connectivity index (χ1) is 17.9. The molecule has 1 atom stereocenters. The number of methoxy groups -OCH3 is 2. The lowest BCUT2D eigenvalue weighted by Gasteiger charge is -2.36. The molecule has 1 unspecified atom stereocenters. The van der Waals surface area contributed by atoms with Crippen molar-refractivity contribution >= 4 is 29.8 Å². The number of carbonyl (C=O) groups excluding carboxylic acids is 5. The van der Waals surface area contributed by atoms with Crippen LogP contribution in [0.2, 0.25) is 0 Å². The highest BCUT2D eigenvalue weighted by atomic mass is 16.6. The van der Waals surface area contributed by atoms with Crippen molar-refractivity contribution in [3.63, 3.8) is 0 Å². The molecule has 0 aromatic rings. The topological polar surface area (TPSA) is 147 Å². The summed E-state index contributed by atoms with van der Waals surface area (Å²) in [5.41, 5.74) is -0.562. The highest BCUT2D eigenvalue weighted by Gasteiger charge is 2.27. The number of amides is 3. The maximum absolute atomic E-state index is 12.8. The molecule has 0 aromatic heterocycles. The van der Waals surface area contributed by atoms with Crippen molar-refractivity contribution in [1.82, 2.24) is 25.3 Å². The maximum Gasteiger partial charge on any atom is 0.410 e. The quantitative estimate of drug-likeness (QED) is 0.226. The second kappa shape index (κ2) is 16.8. The molecule has 38 heavy (non-hydrogen) atoms. The number of rotatable bonds is 14. The number of nitrogens with one attached hydrogen (secondary N) is 2. The molecular formula is C25H45N5O8. The van der Waals surface area contributed by atoms with E-state index < -0.39 is 35.4 Å². The van der Waals surface area contributed by atoms with Gasteiger partial charge in [0, 0.05) is 39.3 Å². The molecule has 2 N–H and O–H groups in total. The van der Waals surface area contributed by atoms with Gasteiger partial charge in [-0.3, -0.25) is 24.2 Å². The van der Waals surface area contributed by atoms with Crippen LogP contribution in [0.3, 0.4) is 0 Å². The molecule has 13 nitrogen and oxygen atoms in total. The van der Waals surface area contributed by atoms with Crippen LogP contribution in [0.4, 0.5) is 4.79 Å². The van der Waals surface area contributed by atoms with E-state index in [2.05, 4.69) is 20.3 Å². The Bertz CT molecular complexity index is 793. The van der Waals surface area contributed by atoms with Gasteiger partial charge in [-0.25, -0.2) is 9.59 Å². The summed E-state index contributed by atoms with van der Waals surface area (Å²) in [6.45, 7) is 10.1. The average molecular weight is 544 g/mol. The third-order valence-electron chi connectivity index (χ3n) is 5.82. The van der Waals surface area contributed by atoms with Crippen molar-refractivity contribution in [3.05, 3.63) is 0 Å². The zero-order valence-electron chi connectivity index (χ0n) is 23.7. The van der Waals surface area contributed by atoms with Crippen LogP contribution in [0, 0.1) is 0 Å². The summed E-state index contributed by atoms with van der Waals surface area (Å²) in [5.74, 6) is -1.94. The molecule has 0 spiro atoms. The number of unbranched alkanes of at least 4 members (excludes halogenated alkanes) is 1. The first-order valence-electron chi connectivity index (χ1n) is 13.0. The lowest BCUT2D eigenvalue weighted by Crippen LogP contribution is -2.53. The highest BCUT2D eigenvalue weighted by Crippen LogP contribution is 2.12. The molecule has 1 fully saturated rings. The Kier molecular flexibility index (Phi) is 14.6. The number of esters is 2. The molecule has 1 aliphatic heterocycles. The highest BCUT2D eigenvalue weighted by molar-refractivity contribution is 5.86. The first-order valence-corrected chi connectivity index (χ1v) is 13.0. The third kappa shape index (κ3) is 13.6. The van der Waals surface area contributed by atoms with Crippen LogP contribution in [0.5, 0.6) is 0 Å². The standard InChI is InChI=1S/C25H45N5O8/c1-7-8-9-19(23(34)37-6)27-21(32)18-29(17-20(31)26-16-22(33)36-5)11-10-28-12-14-30(15-13-28)24(35)38-25(2,3)4/h19H,7-18H2,1-6H3,(H,26,31)(H,27,32). The SMILES string of the molecule is CCCCC(NC(=O)CN(CCN1CCN(C(=O)OC(C)(C)C)CC1)CC(=O)NCC(=O)OC)C(=O)OC. The second-order valence-corrected chi connectivity index (χ2v) is 10.2. The van der Waals surface area contributed by atoms with Crippen LogP contribution in [0.1, 0.15) is 47.0 Å². The van der Waals surface area contributed by atoms with Crippen LogP contribution >= 0.6 is 0 Å². The lowest BCUT2D eigenvalue weighted by molar-refractivity contribution is -0.145. The molecule has 13 heteroatoms. The van der Waals surface area contributed by atoms with Crippen molar-refractivity contribution in [2.75, 3.05) is 73.1 Å². The number of hydrogen-bond acceptors (Lipinski definition) is 10. The van der Waals surface area contributed by atoms with Crippen molar-refractivity contribution < 1.29 is 38.2 Å². The van der Waals surface area contributed by atoms with E-state index in [1.54, 1.807) is 9.80 Å². The zero-order chi connectivity index (χ0) is 28.7. The summed E-state index contributed by atoms with van der Waals surface area (Å²) in [6, 6.07) is -0.761. The van der Waals surface area contributed by atoms with E-state index in [-0.39, 0.29) is 25.7 Å². The molecule has 0 saturated carbocycles. The Morgan fingerprint density at radius 3 is 2.13 bits per heavy atom. The Labute approximate surface area is 225 Å². The zero-order valence-corrected chi connectivity index (χ0v) is 23.7. The summed E-state index contributed by atoms with van der Waals surface area (Å²) >= 11 is 0.